The van der Waals surface area contributed by atoms with Crippen molar-refractivity contribution in [2.75, 3.05) is 13.1 Å². The van der Waals surface area contributed by atoms with Gasteiger partial charge in [-0.05, 0) is 66.3 Å². The maximum atomic E-state index is 14.0. The number of hydrogen-bond donors (Lipinski definition) is 4. The molecular formula is C33H47F2N3O3. The second-order valence-electron chi connectivity index (χ2n) is 12.5. The number of halogens is 2. The molecule has 8 heteroatoms. The van der Waals surface area contributed by atoms with Crippen molar-refractivity contribution in [3.05, 3.63) is 70.8 Å². The van der Waals surface area contributed by atoms with E-state index in [9.17, 15) is 23.5 Å². The van der Waals surface area contributed by atoms with E-state index in [4.69, 9.17) is 0 Å². The zero-order valence-electron chi connectivity index (χ0n) is 25.0. The van der Waals surface area contributed by atoms with Crippen LogP contribution in [-0.4, -0.2) is 42.2 Å². The summed E-state index contributed by atoms with van der Waals surface area (Å²) in [5.41, 5.74) is 2.51. The number of rotatable bonds is 13. The number of carbonyl (C=O) groups is 2. The Morgan fingerprint density at radius 1 is 1.00 bits per heavy atom. The summed E-state index contributed by atoms with van der Waals surface area (Å²) in [6.07, 6.45) is 5.71. The summed E-state index contributed by atoms with van der Waals surface area (Å²) in [4.78, 5) is 23.9. The molecule has 226 valence electrons. The lowest BCUT2D eigenvalue weighted by Gasteiger charge is -2.41. The summed E-state index contributed by atoms with van der Waals surface area (Å²) in [5.74, 6) is -1.77. The zero-order valence-corrected chi connectivity index (χ0v) is 25.0. The third-order valence-corrected chi connectivity index (χ3v) is 8.03. The van der Waals surface area contributed by atoms with E-state index < -0.39 is 23.8 Å². The number of unbranched alkanes of at least 4 members (excludes halogenated alkanes) is 1. The van der Waals surface area contributed by atoms with E-state index >= 15 is 0 Å². The van der Waals surface area contributed by atoms with Crippen LogP contribution in [0.3, 0.4) is 0 Å². The lowest BCUT2D eigenvalue weighted by Crippen LogP contribution is -2.53. The van der Waals surface area contributed by atoms with Crippen molar-refractivity contribution in [2.24, 2.45) is 0 Å². The fourth-order valence-electron chi connectivity index (χ4n) is 5.67. The van der Waals surface area contributed by atoms with Gasteiger partial charge < -0.3 is 21.1 Å². The molecule has 0 aliphatic heterocycles. The predicted molar refractivity (Wildman–Crippen MR) is 158 cm³/mol. The molecule has 41 heavy (non-hydrogen) atoms. The molecule has 1 fully saturated rings. The largest absolute Gasteiger partial charge is 0.390 e. The van der Waals surface area contributed by atoms with Gasteiger partial charge in [0, 0.05) is 38.0 Å². The normalized spacial score (nSPS) is 16.6. The molecule has 0 heterocycles. The second-order valence-corrected chi connectivity index (χ2v) is 12.5. The molecule has 1 saturated carbocycles. The molecule has 0 aromatic heterocycles. The average molecular weight is 572 g/mol. The number of nitrogens with one attached hydrogen (secondary N) is 3. The first-order valence-electron chi connectivity index (χ1n) is 14.9. The molecule has 0 spiro atoms. The highest BCUT2D eigenvalue weighted by Gasteiger charge is 2.35. The highest BCUT2D eigenvalue weighted by Crippen LogP contribution is 2.38. The van der Waals surface area contributed by atoms with E-state index in [-0.39, 0.29) is 42.2 Å². The van der Waals surface area contributed by atoms with Gasteiger partial charge in [0.05, 0.1) is 12.1 Å². The molecule has 6 nitrogen and oxygen atoms in total. The topological polar surface area (TPSA) is 90.5 Å². The van der Waals surface area contributed by atoms with E-state index in [0.29, 0.717) is 24.9 Å². The Labute approximate surface area is 243 Å². The van der Waals surface area contributed by atoms with Crippen molar-refractivity contribution >= 4 is 11.8 Å². The summed E-state index contributed by atoms with van der Waals surface area (Å²) in [6.45, 7) is 8.73. The second kappa shape index (κ2) is 14.9. The number of benzene rings is 2. The van der Waals surface area contributed by atoms with Gasteiger partial charge in [0.2, 0.25) is 11.8 Å². The van der Waals surface area contributed by atoms with E-state index in [1.165, 1.54) is 30.2 Å². The first-order chi connectivity index (χ1) is 19.4. The van der Waals surface area contributed by atoms with Gasteiger partial charge in [-0.2, -0.15) is 0 Å². The van der Waals surface area contributed by atoms with Crippen LogP contribution in [0.15, 0.2) is 42.5 Å². The summed E-state index contributed by atoms with van der Waals surface area (Å²) < 4.78 is 27.9. The summed E-state index contributed by atoms with van der Waals surface area (Å²) in [5, 5.41) is 20.7. The van der Waals surface area contributed by atoms with Crippen LogP contribution in [0.1, 0.15) is 95.8 Å². The Balaban J connectivity index is 1.75. The van der Waals surface area contributed by atoms with E-state index in [1.807, 2.05) is 0 Å². The number of hydrogen-bond acceptors (Lipinski definition) is 4. The number of aliphatic hydroxyl groups is 1. The molecule has 0 bridgehead atoms. The smallest absolute Gasteiger partial charge is 0.220 e. The van der Waals surface area contributed by atoms with Gasteiger partial charge in [-0.15, -0.1) is 0 Å². The lowest BCUT2D eigenvalue weighted by atomic mass is 9.74. The molecule has 3 rings (SSSR count). The Hall–Kier alpha value is -2.84. The van der Waals surface area contributed by atoms with Crippen LogP contribution >= 0.6 is 0 Å². The van der Waals surface area contributed by atoms with Crippen molar-refractivity contribution in [3.8, 4) is 0 Å². The van der Waals surface area contributed by atoms with E-state index in [1.54, 1.807) is 0 Å². The van der Waals surface area contributed by atoms with Crippen molar-refractivity contribution < 1.29 is 23.5 Å². The van der Waals surface area contributed by atoms with E-state index in [2.05, 4.69) is 61.0 Å². The minimum absolute atomic E-state index is 0.00310. The predicted octanol–water partition coefficient (Wildman–Crippen LogP) is 5.41. The standard InChI is InChI=1S/C33H47F2N3O3/c1-23(39)36-16-9-6-13-31(41)38-29(19-24-17-27(34)21-28(35)18-24)30(40)22-37-33(14-7-5-8-15-33)26-12-10-11-25(20-26)32(2,3)4/h10-12,17-18,20-21,29-30,37,40H,5-9,13-16,19,22H2,1-4H3,(H,36,39)(H,38,41). The van der Waals surface area contributed by atoms with Crippen molar-refractivity contribution in [2.45, 2.75) is 109 Å². The Morgan fingerprint density at radius 2 is 1.68 bits per heavy atom. The first kappa shape index (κ1) is 32.7. The molecular weight excluding hydrogens is 524 g/mol. The number of carbonyl (C=O) groups excluding carboxylic acids is 2. The minimum Gasteiger partial charge on any atom is -0.390 e. The molecule has 1 aliphatic rings. The van der Waals surface area contributed by atoms with Crippen LogP contribution in [0.2, 0.25) is 0 Å². The number of amides is 2. The maximum Gasteiger partial charge on any atom is 0.220 e. The van der Waals surface area contributed by atoms with Gasteiger partial charge >= 0.3 is 0 Å². The van der Waals surface area contributed by atoms with Gasteiger partial charge in [0.25, 0.3) is 0 Å². The molecule has 2 aromatic carbocycles. The third kappa shape index (κ3) is 10.2. The summed E-state index contributed by atoms with van der Waals surface area (Å²) >= 11 is 0. The van der Waals surface area contributed by atoms with Crippen LogP contribution in [-0.2, 0) is 27.0 Å². The fraction of sp³-hybridized carbons (Fsp3) is 0.576. The van der Waals surface area contributed by atoms with Crippen LogP contribution in [0.4, 0.5) is 8.78 Å². The van der Waals surface area contributed by atoms with Crippen molar-refractivity contribution in [1.82, 2.24) is 16.0 Å². The quantitative estimate of drug-likeness (QED) is 0.242. The summed E-state index contributed by atoms with van der Waals surface area (Å²) in [7, 11) is 0. The Bertz CT molecular complexity index is 1140. The van der Waals surface area contributed by atoms with Gasteiger partial charge in [-0.1, -0.05) is 64.3 Å². The monoisotopic (exact) mass is 571 g/mol. The van der Waals surface area contributed by atoms with Crippen molar-refractivity contribution in [3.63, 3.8) is 0 Å². The highest BCUT2D eigenvalue weighted by molar-refractivity contribution is 5.76. The molecule has 0 radical (unpaired) electrons. The zero-order chi connectivity index (χ0) is 30.0. The maximum absolute atomic E-state index is 14.0. The van der Waals surface area contributed by atoms with Crippen LogP contribution < -0.4 is 16.0 Å². The third-order valence-electron chi connectivity index (χ3n) is 8.03. The first-order valence-corrected chi connectivity index (χ1v) is 14.9. The number of aliphatic hydroxyl groups excluding tert-OH is 1. The van der Waals surface area contributed by atoms with Crippen molar-refractivity contribution in [1.29, 1.82) is 0 Å². The fourth-order valence-corrected chi connectivity index (χ4v) is 5.67. The molecule has 0 saturated heterocycles. The molecule has 1 aliphatic carbocycles. The van der Waals surface area contributed by atoms with Gasteiger partial charge in [-0.25, -0.2) is 8.78 Å². The molecule has 2 unspecified atom stereocenters. The Morgan fingerprint density at radius 3 is 2.32 bits per heavy atom. The van der Waals surface area contributed by atoms with Gasteiger partial charge in [0.1, 0.15) is 11.6 Å². The molecule has 2 amide bonds. The van der Waals surface area contributed by atoms with Crippen LogP contribution in [0.5, 0.6) is 0 Å². The highest BCUT2D eigenvalue weighted by atomic mass is 19.1. The average Bonchev–Trinajstić information content (AvgIpc) is 2.90. The SMILES string of the molecule is CC(=O)NCCCCC(=O)NC(Cc1cc(F)cc(F)c1)C(O)CNC1(c2cccc(C(C)(C)C)c2)CCCCC1. The molecule has 4 N–H and O–H groups in total. The Kier molecular flexibility index (Phi) is 11.9. The van der Waals surface area contributed by atoms with E-state index in [0.717, 1.165) is 38.2 Å². The van der Waals surface area contributed by atoms with Crippen LogP contribution in [0.25, 0.3) is 0 Å². The molecule has 2 atom stereocenters. The minimum atomic E-state index is -0.991. The van der Waals surface area contributed by atoms with Crippen LogP contribution in [0, 0.1) is 11.6 Å². The summed E-state index contributed by atoms with van der Waals surface area (Å²) in [6, 6.07) is 11.2. The lowest BCUT2D eigenvalue weighted by molar-refractivity contribution is -0.122. The molecule has 2 aromatic rings. The van der Waals surface area contributed by atoms with Gasteiger partial charge in [0.15, 0.2) is 0 Å². The van der Waals surface area contributed by atoms with Gasteiger partial charge in [-0.3, -0.25) is 9.59 Å².